The van der Waals surface area contributed by atoms with Crippen molar-refractivity contribution in [3.05, 3.63) is 56.5 Å². The minimum absolute atomic E-state index is 0. The number of methoxy groups -OCH3 is 1. The summed E-state index contributed by atoms with van der Waals surface area (Å²) in [7, 11) is 1.61. The summed E-state index contributed by atoms with van der Waals surface area (Å²) in [6.45, 7) is 4.23. The third kappa shape index (κ3) is 7.88. The molecule has 1 N–H and O–H groups in total. The molecule has 0 atom stereocenters. The molecule has 0 aromatic heterocycles. The molecule has 7 heteroatoms. The molecule has 28 heavy (non-hydrogen) atoms. The first-order valence-electron chi connectivity index (χ1n) is 9.19. The van der Waals surface area contributed by atoms with Gasteiger partial charge in [-0.15, -0.1) is 12.4 Å². The Kier molecular flexibility index (Phi) is 12.1. The first kappa shape index (κ1) is 25.2. The van der Waals surface area contributed by atoms with E-state index in [-0.39, 0.29) is 19.0 Å². The zero-order valence-corrected chi connectivity index (χ0v) is 19.3. The quantitative estimate of drug-likeness (QED) is 0.351. The second-order valence-corrected chi connectivity index (χ2v) is 7.62. The van der Waals surface area contributed by atoms with Crippen LogP contribution in [0.2, 0.25) is 15.1 Å². The Morgan fingerprint density at radius 2 is 1.75 bits per heavy atom. The van der Waals surface area contributed by atoms with Crippen molar-refractivity contribution in [1.82, 2.24) is 5.32 Å². The Morgan fingerprint density at radius 1 is 0.964 bits per heavy atom. The van der Waals surface area contributed by atoms with E-state index >= 15 is 0 Å². The second-order valence-electron chi connectivity index (χ2n) is 6.37. The summed E-state index contributed by atoms with van der Waals surface area (Å²) < 4.78 is 11.4. The Bertz CT molecular complexity index is 741. The van der Waals surface area contributed by atoms with E-state index in [1.54, 1.807) is 19.2 Å². The molecule has 0 bridgehead atoms. The lowest BCUT2D eigenvalue weighted by Gasteiger charge is -2.15. The van der Waals surface area contributed by atoms with Gasteiger partial charge in [0.25, 0.3) is 0 Å². The molecular weight excluding hydrogens is 440 g/mol. The molecular formula is C21H27Cl4NO2. The maximum Gasteiger partial charge on any atom is 0.180 e. The molecule has 0 unspecified atom stereocenters. The second kappa shape index (κ2) is 13.4. The van der Waals surface area contributed by atoms with Crippen LogP contribution in [-0.4, -0.2) is 13.7 Å². The topological polar surface area (TPSA) is 30.5 Å². The van der Waals surface area contributed by atoms with Gasteiger partial charge in [0.1, 0.15) is 6.61 Å². The van der Waals surface area contributed by atoms with Gasteiger partial charge in [-0.2, -0.15) is 0 Å². The van der Waals surface area contributed by atoms with Gasteiger partial charge in [-0.1, -0.05) is 67.1 Å². The van der Waals surface area contributed by atoms with Gasteiger partial charge < -0.3 is 14.8 Å². The molecule has 0 heterocycles. The van der Waals surface area contributed by atoms with Crippen molar-refractivity contribution in [1.29, 1.82) is 0 Å². The van der Waals surface area contributed by atoms with Gasteiger partial charge in [-0.25, -0.2) is 0 Å². The average molecular weight is 467 g/mol. The third-order valence-corrected chi connectivity index (χ3v) is 5.08. The molecule has 0 saturated carbocycles. The lowest BCUT2D eigenvalue weighted by molar-refractivity contribution is 0.284. The van der Waals surface area contributed by atoms with Crippen molar-refractivity contribution < 1.29 is 9.47 Å². The van der Waals surface area contributed by atoms with Crippen LogP contribution in [0.5, 0.6) is 11.5 Å². The third-order valence-electron chi connectivity index (χ3n) is 4.21. The number of hydrogen-bond acceptors (Lipinski definition) is 3. The lowest BCUT2D eigenvalue weighted by atomic mass is 10.1. The van der Waals surface area contributed by atoms with Gasteiger partial charge in [-0.05, 0) is 42.8 Å². The number of halogens is 4. The zero-order valence-electron chi connectivity index (χ0n) is 16.2. The van der Waals surface area contributed by atoms with Gasteiger partial charge >= 0.3 is 0 Å². The molecule has 156 valence electrons. The van der Waals surface area contributed by atoms with E-state index < -0.39 is 0 Å². The highest BCUT2D eigenvalue weighted by molar-refractivity contribution is 6.35. The standard InChI is InChI=1S/C21H26Cl3NO2.ClH/c1-3-4-5-6-9-25-13-15-10-19(24)21(20(11-15)26-2)27-14-16-7-8-17(22)12-18(16)23;/h7-8,10-12,25H,3-6,9,13-14H2,1-2H3;1H. The van der Waals surface area contributed by atoms with Crippen molar-refractivity contribution in [2.75, 3.05) is 13.7 Å². The van der Waals surface area contributed by atoms with Crippen LogP contribution < -0.4 is 14.8 Å². The molecule has 0 spiro atoms. The van der Waals surface area contributed by atoms with Crippen LogP contribution in [0.15, 0.2) is 30.3 Å². The van der Waals surface area contributed by atoms with E-state index in [1.165, 1.54) is 25.7 Å². The van der Waals surface area contributed by atoms with E-state index in [0.29, 0.717) is 26.6 Å². The minimum atomic E-state index is 0. The van der Waals surface area contributed by atoms with Gasteiger partial charge in [-0.3, -0.25) is 0 Å². The molecule has 0 aliphatic heterocycles. The van der Waals surface area contributed by atoms with Gasteiger partial charge in [0, 0.05) is 22.2 Å². The van der Waals surface area contributed by atoms with Crippen molar-refractivity contribution >= 4 is 47.2 Å². The average Bonchev–Trinajstić information content (AvgIpc) is 2.64. The van der Waals surface area contributed by atoms with Crippen LogP contribution in [0.1, 0.15) is 43.7 Å². The normalized spacial score (nSPS) is 10.5. The molecule has 0 saturated heterocycles. The maximum absolute atomic E-state index is 6.44. The lowest BCUT2D eigenvalue weighted by Crippen LogP contribution is -2.14. The van der Waals surface area contributed by atoms with Crippen molar-refractivity contribution in [3.63, 3.8) is 0 Å². The number of rotatable bonds is 11. The number of benzene rings is 2. The van der Waals surface area contributed by atoms with E-state index in [0.717, 1.165) is 24.2 Å². The van der Waals surface area contributed by atoms with Crippen LogP contribution in [-0.2, 0) is 13.2 Å². The fraction of sp³-hybridized carbons (Fsp3) is 0.429. The minimum Gasteiger partial charge on any atom is -0.493 e. The molecule has 2 rings (SSSR count). The van der Waals surface area contributed by atoms with Crippen LogP contribution >= 0.6 is 47.2 Å². The number of hydrogen-bond donors (Lipinski definition) is 1. The van der Waals surface area contributed by atoms with Gasteiger partial charge in [0.05, 0.1) is 12.1 Å². The number of nitrogens with one attached hydrogen (secondary N) is 1. The Labute approximate surface area is 189 Å². The van der Waals surface area contributed by atoms with E-state index in [9.17, 15) is 0 Å². The fourth-order valence-electron chi connectivity index (χ4n) is 2.71. The molecule has 3 nitrogen and oxygen atoms in total. The van der Waals surface area contributed by atoms with Crippen LogP contribution in [0.25, 0.3) is 0 Å². The highest BCUT2D eigenvalue weighted by Crippen LogP contribution is 2.37. The SMILES string of the molecule is CCCCCCNCc1cc(Cl)c(OCc2ccc(Cl)cc2Cl)c(OC)c1.Cl. The summed E-state index contributed by atoms with van der Waals surface area (Å²) >= 11 is 18.6. The first-order valence-corrected chi connectivity index (χ1v) is 10.3. The predicted octanol–water partition coefficient (Wildman–Crippen LogP) is 7.33. The summed E-state index contributed by atoms with van der Waals surface area (Å²) in [5, 5.41) is 5.11. The van der Waals surface area contributed by atoms with Crippen molar-refractivity contribution in [2.24, 2.45) is 0 Å². The van der Waals surface area contributed by atoms with E-state index in [1.807, 2.05) is 18.2 Å². The monoisotopic (exact) mass is 465 g/mol. The highest BCUT2D eigenvalue weighted by atomic mass is 35.5. The largest absolute Gasteiger partial charge is 0.493 e. The van der Waals surface area contributed by atoms with Crippen LogP contribution in [0, 0.1) is 0 Å². The molecule has 0 aliphatic carbocycles. The fourth-order valence-corrected chi connectivity index (χ4v) is 3.46. The summed E-state index contributed by atoms with van der Waals surface area (Å²) in [6, 6.07) is 9.16. The van der Waals surface area contributed by atoms with E-state index in [4.69, 9.17) is 44.3 Å². The molecule has 0 radical (unpaired) electrons. The number of unbranched alkanes of at least 4 members (excludes halogenated alkanes) is 3. The Hall–Kier alpha value is -0.840. The predicted molar refractivity (Wildman–Crippen MR) is 122 cm³/mol. The molecule has 2 aromatic carbocycles. The molecule has 2 aromatic rings. The molecule has 0 fully saturated rings. The summed E-state index contributed by atoms with van der Waals surface area (Å²) in [4.78, 5) is 0. The summed E-state index contributed by atoms with van der Waals surface area (Å²) in [5.74, 6) is 1.12. The van der Waals surface area contributed by atoms with Crippen LogP contribution in [0.4, 0.5) is 0 Å². The van der Waals surface area contributed by atoms with Gasteiger partial charge in [0.2, 0.25) is 0 Å². The number of ether oxygens (including phenoxy) is 2. The van der Waals surface area contributed by atoms with Crippen molar-refractivity contribution in [3.8, 4) is 11.5 Å². The highest BCUT2D eigenvalue weighted by Gasteiger charge is 2.13. The van der Waals surface area contributed by atoms with Crippen molar-refractivity contribution in [2.45, 2.75) is 45.8 Å². The van der Waals surface area contributed by atoms with E-state index in [2.05, 4.69) is 12.2 Å². The smallest absolute Gasteiger partial charge is 0.180 e. The summed E-state index contributed by atoms with van der Waals surface area (Å²) in [6.07, 6.45) is 4.97. The Balaban J connectivity index is 0.00000392. The molecule has 0 aliphatic rings. The molecule has 0 amide bonds. The zero-order chi connectivity index (χ0) is 19.6. The maximum atomic E-state index is 6.44. The summed E-state index contributed by atoms with van der Waals surface area (Å²) in [5.41, 5.74) is 1.89. The first-order chi connectivity index (χ1) is 13.0. The Morgan fingerprint density at radius 3 is 2.43 bits per heavy atom. The van der Waals surface area contributed by atoms with Crippen LogP contribution in [0.3, 0.4) is 0 Å². The van der Waals surface area contributed by atoms with Gasteiger partial charge in [0.15, 0.2) is 11.5 Å².